The van der Waals surface area contributed by atoms with Crippen LogP contribution in [0, 0.1) is 0 Å². The number of phenols is 2. The van der Waals surface area contributed by atoms with Crippen molar-refractivity contribution in [2.75, 3.05) is 0 Å². The van der Waals surface area contributed by atoms with Crippen molar-refractivity contribution in [3.63, 3.8) is 0 Å². The molecule has 4 N–H and O–H groups in total. The Kier molecular flexibility index (Phi) is 5.68. The molecule has 0 unspecified atom stereocenters. The van der Waals surface area contributed by atoms with Crippen LogP contribution in [0.2, 0.25) is 0 Å². The Labute approximate surface area is 140 Å². The number of hydrogen-bond donors (Lipinski definition) is 4. The number of aromatic hydroxyl groups is 2. The average molecular weight is 330 g/mol. The van der Waals surface area contributed by atoms with Crippen LogP contribution in [0.5, 0.6) is 11.5 Å². The molecule has 0 bridgehead atoms. The maximum atomic E-state index is 9.51. The van der Waals surface area contributed by atoms with Gasteiger partial charge in [-0.1, -0.05) is 43.5 Å². The molecule has 0 radical (unpaired) electrons. The van der Waals surface area contributed by atoms with Gasteiger partial charge in [-0.05, 0) is 48.2 Å². The number of carbonyl (C=O) groups is 1. The lowest BCUT2D eigenvalue weighted by Gasteiger charge is -2.38. The molecule has 0 aliphatic heterocycles. The second kappa shape index (κ2) is 7.73. The Bertz CT molecular complexity index is 604. The first-order chi connectivity index (χ1) is 11.4. The number of carboxylic acid groups (broad SMARTS) is 2. The molecule has 1 aliphatic carbocycles. The van der Waals surface area contributed by atoms with Gasteiger partial charge in [0.1, 0.15) is 11.5 Å². The topological polar surface area (TPSA) is 98.0 Å². The van der Waals surface area contributed by atoms with E-state index in [4.69, 9.17) is 15.0 Å². The van der Waals surface area contributed by atoms with Crippen LogP contribution < -0.4 is 0 Å². The molecule has 1 fully saturated rings. The summed E-state index contributed by atoms with van der Waals surface area (Å²) in [4.78, 5) is 8.56. The van der Waals surface area contributed by atoms with Crippen molar-refractivity contribution in [2.45, 2.75) is 37.5 Å². The van der Waals surface area contributed by atoms with Gasteiger partial charge in [-0.15, -0.1) is 0 Å². The third kappa shape index (κ3) is 4.19. The highest BCUT2D eigenvalue weighted by atomic mass is 16.6. The number of phenolic OH excluding ortho intramolecular Hbond substituents is 2. The van der Waals surface area contributed by atoms with Gasteiger partial charge in [-0.2, -0.15) is 0 Å². The lowest BCUT2D eigenvalue weighted by atomic mass is 9.65. The van der Waals surface area contributed by atoms with Crippen LogP contribution >= 0.6 is 0 Å². The summed E-state index contributed by atoms with van der Waals surface area (Å²) in [6.45, 7) is 0. The molecule has 1 aliphatic rings. The largest absolute Gasteiger partial charge is 0.508 e. The first kappa shape index (κ1) is 17.7. The first-order valence-corrected chi connectivity index (χ1v) is 7.95. The molecule has 5 heteroatoms. The van der Waals surface area contributed by atoms with Crippen molar-refractivity contribution in [3.8, 4) is 11.5 Å². The molecule has 128 valence electrons. The van der Waals surface area contributed by atoms with Crippen molar-refractivity contribution < 1.29 is 25.2 Å². The Hall–Kier alpha value is -2.69. The molecule has 2 aromatic rings. The lowest BCUT2D eigenvalue weighted by Crippen LogP contribution is -2.30. The summed E-state index contributed by atoms with van der Waals surface area (Å²) in [7, 11) is 0. The first-order valence-electron chi connectivity index (χ1n) is 7.95. The van der Waals surface area contributed by atoms with Gasteiger partial charge in [0, 0.05) is 5.41 Å². The van der Waals surface area contributed by atoms with Crippen molar-refractivity contribution in [2.24, 2.45) is 0 Å². The second-order valence-corrected chi connectivity index (χ2v) is 6.02. The van der Waals surface area contributed by atoms with Crippen molar-refractivity contribution >= 4 is 6.16 Å². The summed E-state index contributed by atoms with van der Waals surface area (Å²) in [5, 5.41) is 33.0. The molecule has 0 saturated heterocycles. The second-order valence-electron chi connectivity index (χ2n) is 6.02. The van der Waals surface area contributed by atoms with Crippen LogP contribution in [0.4, 0.5) is 4.79 Å². The molecular formula is C19H22O5. The minimum atomic E-state index is -1.83. The Morgan fingerprint density at radius 3 is 1.38 bits per heavy atom. The third-order valence-electron chi connectivity index (χ3n) is 4.55. The van der Waals surface area contributed by atoms with E-state index in [1.165, 1.54) is 30.4 Å². The highest BCUT2D eigenvalue weighted by molar-refractivity contribution is 5.53. The lowest BCUT2D eigenvalue weighted by molar-refractivity contribution is 0.137. The zero-order valence-corrected chi connectivity index (χ0v) is 13.4. The molecule has 3 rings (SSSR count). The molecule has 0 spiro atoms. The fourth-order valence-electron chi connectivity index (χ4n) is 3.46. The third-order valence-corrected chi connectivity index (χ3v) is 4.55. The van der Waals surface area contributed by atoms with Crippen LogP contribution in [0.15, 0.2) is 48.5 Å². The van der Waals surface area contributed by atoms with E-state index in [0.717, 1.165) is 12.8 Å². The minimum Gasteiger partial charge on any atom is -0.508 e. The SMILES string of the molecule is O=C(O)O.Oc1ccc(C2(c3ccc(O)cc3)CCCCC2)cc1. The standard InChI is InChI=1S/C18H20O2.CH2O3/c19-16-8-4-14(5-9-16)18(12-2-1-3-13-18)15-6-10-17(20)11-7-15;2-1(3)4/h4-11,19-20H,1-3,12-13H2;(H2,2,3,4). The number of rotatable bonds is 2. The van der Waals surface area contributed by atoms with E-state index in [1.54, 1.807) is 24.3 Å². The fourth-order valence-corrected chi connectivity index (χ4v) is 3.46. The van der Waals surface area contributed by atoms with Gasteiger partial charge in [0.05, 0.1) is 0 Å². The van der Waals surface area contributed by atoms with Crippen LogP contribution in [0.25, 0.3) is 0 Å². The summed E-state index contributed by atoms with van der Waals surface area (Å²) < 4.78 is 0. The summed E-state index contributed by atoms with van der Waals surface area (Å²) in [5.41, 5.74) is 2.56. The van der Waals surface area contributed by atoms with Gasteiger partial charge in [0.2, 0.25) is 0 Å². The van der Waals surface area contributed by atoms with Gasteiger partial charge in [0.15, 0.2) is 0 Å². The Morgan fingerprint density at radius 1 is 0.708 bits per heavy atom. The van der Waals surface area contributed by atoms with E-state index in [0.29, 0.717) is 11.5 Å². The number of benzene rings is 2. The molecule has 1 saturated carbocycles. The summed E-state index contributed by atoms with van der Waals surface area (Å²) >= 11 is 0. The van der Waals surface area contributed by atoms with Gasteiger partial charge in [0.25, 0.3) is 0 Å². The van der Waals surface area contributed by atoms with Crippen molar-refractivity contribution in [1.82, 2.24) is 0 Å². The van der Waals surface area contributed by atoms with Crippen molar-refractivity contribution in [1.29, 1.82) is 0 Å². The van der Waals surface area contributed by atoms with E-state index in [2.05, 4.69) is 0 Å². The van der Waals surface area contributed by atoms with Gasteiger partial charge in [-0.3, -0.25) is 0 Å². The fraction of sp³-hybridized carbons (Fsp3) is 0.316. The predicted octanol–water partition coefficient (Wildman–Crippen LogP) is 4.57. The van der Waals surface area contributed by atoms with Crippen LogP contribution in [0.1, 0.15) is 43.2 Å². The van der Waals surface area contributed by atoms with Gasteiger partial charge < -0.3 is 20.4 Å². The highest BCUT2D eigenvalue weighted by Crippen LogP contribution is 2.45. The van der Waals surface area contributed by atoms with Crippen LogP contribution in [0.3, 0.4) is 0 Å². The normalized spacial score (nSPS) is 15.8. The smallest absolute Gasteiger partial charge is 0.503 e. The Morgan fingerprint density at radius 2 is 1.04 bits per heavy atom. The maximum absolute atomic E-state index is 9.51. The van der Waals surface area contributed by atoms with E-state index in [1.807, 2.05) is 24.3 Å². The number of hydrogen-bond acceptors (Lipinski definition) is 3. The quantitative estimate of drug-likeness (QED) is 0.646. The molecule has 0 aromatic heterocycles. The highest BCUT2D eigenvalue weighted by Gasteiger charge is 2.35. The summed E-state index contributed by atoms with van der Waals surface area (Å²) in [5.74, 6) is 0.621. The Balaban J connectivity index is 0.000000471. The van der Waals surface area contributed by atoms with E-state index in [9.17, 15) is 10.2 Å². The van der Waals surface area contributed by atoms with E-state index in [-0.39, 0.29) is 5.41 Å². The molecule has 0 atom stereocenters. The molecule has 24 heavy (non-hydrogen) atoms. The monoisotopic (exact) mass is 330 g/mol. The zero-order chi connectivity index (χ0) is 17.6. The average Bonchev–Trinajstić information content (AvgIpc) is 2.56. The van der Waals surface area contributed by atoms with Gasteiger partial charge in [-0.25, -0.2) is 4.79 Å². The molecule has 5 nitrogen and oxygen atoms in total. The van der Waals surface area contributed by atoms with E-state index < -0.39 is 6.16 Å². The van der Waals surface area contributed by atoms with E-state index >= 15 is 0 Å². The van der Waals surface area contributed by atoms with Crippen molar-refractivity contribution in [3.05, 3.63) is 59.7 Å². The zero-order valence-electron chi connectivity index (χ0n) is 13.4. The molecule has 0 amide bonds. The molecular weight excluding hydrogens is 308 g/mol. The summed E-state index contributed by atoms with van der Waals surface area (Å²) in [6, 6.07) is 15.2. The predicted molar refractivity (Wildman–Crippen MR) is 90.7 cm³/mol. The van der Waals surface area contributed by atoms with Gasteiger partial charge >= 0.3 is 6.16 Å². The van der Waals surface area contributed by atoms with Crippen LogP contribution in [-0.4, -0.2) is 26.6 Å². The maximum Gasteiger partial charge on any atom is 0.503 e. The molecule has 0 heterocycles. The molecule has 2 aromatic carbocycles. The van der Waals surface area contributed by atoms with Crippen LogP contribution in [-0.2, 0) is 5.41 Å². The summed E-state index contributed by atoms with van der Waals surface area (Å²) in [6.07, 6.45) is 4.16. The minimum absolute atomic E-state index is 0.0274.